The summed E-state index contributed by atoms with van der Waals surface area (Å²) >= 11 is 5.99. The van der Waals surface area contributed by atoms with E-state index in [0.29, 0.717) is 29.5 Å². The van der Waals surface area contributed by atoms with E-state index < -0.39 is 5.97 Å². The summed E-state index contributed by atoms with van der Waals surface area (Å²) in [6, 6.07) is 14.6. The fourth-order valence-corrected chi connectivity index (χ4v) is 1.94. The maximum Gasteiger partial charge on any atom is 0.338 e. The molecule has 0 aliphatic heterocycles. The van der Waals surface area contributed by atoms with Gasteiger partial charge in [0.25, 0.3) is 0 Å². The highest BCUT2D eigenvalue weighted by Gasteiger charge is 2.09. The number of esters is 1. The van der Waals surface area contributed by atoms with E-state index in [9.17, 15) is 4.79 Å². The second-order valence-electron chi connectivity index (χ2n) is 4.17. The third-order valence-corrected chi connectivity index (χ3v) is 2.85. The molecule has 2 aromatic carbocycles. The van der Waals surface area contributed by atoms with E-state index in [-0.39, 0.29) is 0 Å². The number of carbonyl (C=O) groups is 1. The highest BCUT2D eigenvalue weighted by atomic mass is 35.5. The van der Waals surface area contributed by atoms with Crippen LogP contribution in [0.5, 0.6) is 5.75 Å². The number of ether oxygens (including phenoxy) is 2. The lowest BCUT2D eigenvalue weighted by atomic mass is 10.2. The largest absolute Gasteiger partial charge is 0.489 e. The third-order valence-electron chi connectivity index (χ3n) is 2.63. The normalized spacial score (nSPS) is 10.1. The van der Waals surface area contributed by atoms with Crippen LogP contribution in [0.15, 0.2) is 48.5 Å². The van der Waals surface area contributed by atoms with E-state index in [1.807, 2.05) is 30.3 Å². The minimum atomic E-state index is -0.403. The number of benzene rings is 2. The molecule has 0 radical (unpaired) electrons. The van der Waals surface area contributed by atoms with Gasteiger partial charge < -0.3 is 9.47 Å². The number of carbonyl (C=O) groups excluding carboxylic acids is 1. The summed E-state index contributed by atoms with van der Waals surface area (Å²) in [4.78, 5) is 11.7. The fraction of sp³-hybridized carbons (Fsp3) is 0.188. The highest BCUT2D eigenvalue weighted by molar-refractivity contribution is 6.31. The molecular formula is C16H15ClO3. The Bertz CT molecular complexity index is 582. The minimum absolute atomic E-state index is 0.325. The van der Waals surface area contributed by atoms with Gasteiger partial charge in [-0.15, -0.1) is 0 Å². The van der Waals surface area contributed by atoms with Crippen LogP contribution < -0.4 is 4.74 Å². The Labute approximate surface area is 123 Å². The van der Waals surface area contributed by atoms with Crippen molar-refractivity contribution >= 4 is 17.6 Å². The molecule has 4 heteroatoms. The standard InChI is InChI=1S/C16H15ClO3/c1-2-19-16(18)13-8-14(17)10-15(9-13)20-11-12-6-4-3-5-7-12/h3-10H,2,11H2,1H3. The van der Waals surface area contributed by atoms with Gasteiger partial charge in [-0.05, 0) is 30.7 Å². The van der Waals surface area contributed by atoms with Crippen molar-refractivity contribution in [3.8, 4) is 5.75 Å². The Morgan fingerprint density at radius 1 is 1.15 bits per heavy atom. The summed E-state index contributed by atoms with van der Waals surface area (Å²) in [6.45, 7) is 2.50. The molecule has 0 atom stereocenters. The number of hydrogen-bond acceptors (Lipinski definition) is 3. The molecule has 2 aromatic rings. The van der Waals surface area contributed by atoms with Crippen LogP contribution in [0.1, 0.15) is 22.8 Å². The second-order valence-corrected chi connectivity index (χ2v) is 4.61. The van der Waals surface area contributed by atoms with Gasteiger partial charge in [0.1, 0.15) is 12.4 Å². The van der Waals surface area contributed by atoms with Gasteiger partial charge in [0.2, 0.25) is 0 Å². The zero-order valence-corrected chi connectivity index (χ0v) is 11.9. The smallest absolute Gasteiger partial charge is 0.338 e. The first-order valence-electron chi connectivity index (χ1n) is 6.33. The zero-order chi connectivity index (χ0) is 14.4. The second kappa shape index (κ2) is 6.96. The Morgan fingerprint density at radius 3 is 2.60 bits per heavy atom. The minimum Gasteiger partial charge on any atom is -0.489 e. The van der Waals surface area contributed by atoms with Crippen molar-refractivity contribution in [1.29, 1.82) is 0 Å². The molecule has 0 saturated carbocycles. The van der Waals surface area contributed by atoms with Crippen LogP contribution in [-0.2, 0) is 11.3 Å². The molecule has 0 unspecified atom stereocenters. The molecule has 0 bridgehead atoms. The van der Waals surface area contributed by atoms with Gasteiger partial charge in [0.15, 0.2) is 0 Å². The fourth-order valence-electron chi connectivity index (χ4n) is 1.72. The molecule has 3 nitrogen and oxygen atoms in total. The van der Waals surface area contributed by atoms with Crippen LogP contribution in [0, 0.1) is 0 Å². The quantitative estimate of drug-likeness (QED) is 0.778. The lowest BCUT2D eigenvalue weighted by Crippen LogP contribution is -2.05. The molecule has 2 rings (SSSR count). The van der Waals surface area contributed by atoms with Crippen molar-refractivity contribution in [2.45, 2.75) is 13.5 Å². The molecule has 0 amide bonds. The van der Waals surface area contributed by atoms with Gasteiger partial charge in [0.05, 0.1) is 12.2 Å². The predicted octanol–water partition coefficient (Wildman–Crippen LogP) is 4.10. The molecule has 0 saturated heterocycles. The average molecular weight is 291 g/mol. The summed E-state index contributed by atoms with van der Waals surface area (Å²) in [5.74, 6) is 0.143. The van der Waals surface area contributed by atoms with Crippen LogP contribution >= 0.6 is 11.6 Å². The van der Waals surface area contributed by atoms with E-state index in [2.05, 4.69) is 0 Å². The number of halogens is 1. The molecule has 0 fully saturated rings. The van der Waals surface area contributed by atoms with Crippen molar-refractivity contribution in [1.82, 2.24) is 0 Å². The molecule has 104 valence electrons. The van der Waals surface area contributed by atoms with Crippen LogP contribution in [0.2, 0.25) is 5.02 Å². The van der Waals surface area contributed by atoms with Gasteiger partial charge in [-0.2, -0.15) is 0 Å². The number of hydrogen-bond donors (Lipinski definition) is 0. The Kier molecular flexibility index (Phi) is 5.02. The van der Waals surface area contributed by atoms with Crippen molar-refractivity contribution < 1.29 is 14.3 Å². The van der Waals surface area contributed by atoms with Crippen molar-refractivity contribution in [3.05, 3.63) is 64.7 Å². The van der Waals surface area contributed by atoms with Gasteiger partial charge in [-0.1, -0.05) is 41.9 Å². The van der Waals surface area contributed by atoms with Crippen molar-refractivity contribution in [2.24, 2.45) is 0 Å². The van der Waals surface area contributed by atoms with Gasteiger partial charge in [0, 0.05) is 5.02 Å². The summed E-state index contributed by atoms with van der Waals surface area (Å²) in [5, 5.41) is 0.443. The van der Waals surface area contributed by atoms with Gasteiger partial charge >= 0.3 is 5.97 Å². The van der Waals surface area contributed by atoms with Crippen LogP contribution in [0.3, 0.4) is 0 Å². The Morgan fingerprint density at radius 2 is 1.90 bits per heavy atom. The summed E-state index contributed by atoms with van der Waals surface area (Å²) in [5.41, 5.74) is 1.44. The molecule has 0 aliphatic rings. The molecule has 0 heterocycles. The Balaban J connectivity index is 2.10. The van der Waals surface area contributed by atoms with Gasteiger partial charge in [-0.25, -0.2) is 4.79 Å². The van der Waals surface area contributed by atoms with E-state index in [1.54, 1.807) is 25.1 Å². The van der Waals surface area contributed by atoms with Crippen LogP contribution in [0.25, 0.3) is 0 Å². The first-order valence-corrected chi connectivity index (χ1v) is 6.71. The topological polar surface area (TPSA) is 35.5 Å². The molecule has 0 aromatic heterocycles. The predicted molar refractivity (Wildman–Crippen MR) is 78.2 cm³/mol. The van der Waals surface area contributed by atoms with Crippen LogP contribution in [-0.4, -0.2) is 12.6 Å². The van der Waals surface area contributed by atoms with Crippen molar-refractivity contribution in [3.63, 3.8) is 0 Å². The third kappa shape index (κ3) is 4.00. The summed E-state index contributed by atoms with van der Waals surface area (Å²) < 4.78 is 10.6. The van der Waals surface area contributed by atoms with E-state index in [0.717, 1.165) is 5.56 Å². The SMILES string of the molecule is CCOC(=O)c1cc(Cl)cc(OCc2ccccc2)c1. The highest BCUT2D eigenvalue weighted by Crippen LogP contribution is 2.22. The lowest BCUT2D eigenvalue weighted by molar-refractivity contribution is 0.0526. The molecule has 0 aliphatic carbocycles. The first-order chi connectivity index (χ1) is 9.69. The maximum absolute atomic E-state index is 11.7. The summed E-state index contributed by atoms with van der Waals surface area (Å²) in [6.07, 6.45) is 0. The molecule has 0 N–H and O–H groups in total. The van der Waals surface area contributed by atoms with E-state index >= 15 is 0 Å². The molecule has 0 spiro atoms. The van der Waals surface area contributed by atoms with Crippen molar-refractivity contribution in [2.75, 3.05) is 6.61 Å². The Hall–Kier alpha value is -2.00. The van der Waals surface area contributed by atoms with E-state index in [1.165, 1.54) is 0 Å². The molecule has 20 heavy (non-hydrogen) atoms. The zero-order valence-electron chi connectivity index (χ0n) is 11.1. The van der Waals surface area contributed by atoms with Crippen LogP contribution in [0.4, 0.5) is 0 Å². The number of rotatable bonds is 5. The monoisotopic (exact) mass is 290 g/mol. The lowest BCUT2D eigenvalue weighted by Gasteiger charge is -2.09. The average Bonchev–Trinajstić information content (AvgIpc) is 2.46. The van der Waals surface area contributed by atoms with E-state index in [4.69, 9.17) is 21.1 Å². The van der Waals surface area contributed by atoms with Gasteiger partial charge in [-0.3, -0.25) is 0 Å². The molecular weight excluding hydrogens is 276 g/mol. The maximum atomic E-state index is 11.7. The summed E-state index contributed by atoms with van der Waals surface area (Å²) in [7, 11) is 0. The first kappa shape index (κ1) is 14.4.